The number of carbonyl (C=O) groups is 2. The fraction of sp³-hybridized carbons (Fsp3) is 0.261. The fourth-order valence-electron chi connectivity index (χ4n) is 3.07. The topological polar surface area (TPSA) is 83.0 Å². The number of ether oxygens (including phenoxy) is 1. The summed E-state index contributed by atoms with van der Waals surface area (Å²) in [6.07, 6.45) is 0.767. The number of aromatic nitrogens is 1. The van der Waals surface area contributed by atoms with E-state index in [2.05, 4.69) is 4.98 Å². The summed E-state index contributed by atoms with van der Waals surface area (Å²) in [6, 6.07) is 19.1. The third-order valence-electron chi connectivity index (χ3n) is 4.64. The van der Waals surface area contributed by atoms with Crippen LogP contribution in [0.25, 0.3) is 0 Å². The van der Waals surface area contributed by atoms with Crippen molar-refractivity contribution in [1.29, 1.82) is 0 Å². The Kier molecular flexibility index (Phi) is 8.42. The van der Waals surface area contributed by atoms with E-state index in [0.717, 1.165) is 16.0 Å². The molecule has 0 atom stereocenters. The van der Waals surface area contributed by atoms with Crippen molar-refractivity contribution in [2.75, 3.05) is 13.1 Å². The van der Waals surface area contributed by atoms with Crippen LogP contribution in [0.1, 0.15) is 22.4 Å². The van der Waals surface area contributed by atoms with Crippen LogP contribution in [-0.4, -0.2) is 45.2 Å². The van der Waals surface area contributed by atoms with E-state index in [0.29, 0.717) is 32.6 Å². The lowest BCUT2D eigenvalue weighted by atomic mass is 10.2. The first kappa shape index (κ1) is 22.3. The molecule has 0 fully saturated rings. The average molecular weight is 440 g/mol. The molecule has 2 aromatic carbocycles. The summed E-state index contributed by atoms with van der Waals surface area (Å²) in [5, 5.41) is 9.55. The molecule has 0 saturated heterocycles. The maximum Gasteiger partial charge on any atom is 0.410 e. The molecular formula is C23H25N3O4S. The number of benzene rings is 2. The molecule has 8 heteroatoms. The lowest BCUT2D eigenvalue weighted by molar-refractivity contribution is 0.0919. The molecule has 31 heavy (non-hydrogen) atoms. The zero-order valence-corrected chi connectivity index (χ0v) is 17.9. The van der Waals surface area contributed by atoms with Crippen molar-refractivity contribution < 1.29 is 19.4 Å². The van der Waals surface area contributed by atoms with E-state index in [9.17, 15) is 14.7 Å². The number of carboxylic acid groups (broad SMARTS) is 1. The molecule has 0 aliphatic rings. The summed E-state index contributed by atoms with van der Waals surface area (Å²) in [4.78, 5) is 32.2. The van der Waals surface area contributed by atoms with Gasteiger partial charge in [0.2, 0.25) is 0 Å². The number of nitrogens with zero attached hydrogens (tertiary/aromatic N) is 3. The van der Waals surface area contributed by atoms with Gasteiger partial charge >= 0.3 is 12.2 Å². The number of thiazole rings is 1. The monoisotopic (exact) mass is 439 g/mol. The summed E-state index contributed by atoms with van der Waals surface area (Å²) < 4.78 is 5.45. The highest BCUT2D eigenvalue weighted by Crippen LogP contribution is 2.12. The molecule has 0 bridgehead atoms. The standard InChI is InChI=1S/C23H25N3O4S/c27-22(28)25(15-19-8-3-1-4-9-19)12-7-13-26(16-20-10-5-2-6-11-20)23(29)30-17-21-14-24-18-31-21/h1-6,8-11,14,18H,7,12-13,15-17H2,(H,27,28). The first-order chi connectivity index (χ1) is 15.1. The molecule has 0 unspecified atom stereocenters. The summed E-state index contributed by atoms with van der Waals surface area (Å²) in [7, 11) is 0. The van der Waals surface area contributed by atoms with Gasteiger partial charge in [0, 0.05) is 32.4 Å². The molecular weight excluding hydrogens is 414 g/mol. The molecule has 0 aliphatic heterocycles. The predicted molar refractivity (Wildman–Crippen MR) is 119 cm³/mol. The molecule has 1 heterocycles. The summed E-state index contributed by atoms with van der Waals surface area (Å²) in [6.45, 7) is 1.58. The molecule has 0 radical (unpaired) electrons. The van der Waals surface area contributed by atoms with Crippen LogP contribution in [0.2, 0.25) is 0 Å². The second kappa shape index (κ2) is 11.7. The number of amides is 2. The zero-order valence-electron chi connectivity index (χ0n) is 17.1. The maximum atomic E-state index is 12.7. The van der Waals surface area contributed by atoms with E-state index in [1.807, 2.05) is 60.7 Å². The quantitative estimate of drug-likeness (QED) is 0.488. The van der Waals surface area contributed by atoms with Gasteiger partial charge in [0.1, 0.15) is 6.61 Å². The van der Waals surface area contributed by atoms with Crippen molar-refractivity contribution in [2.24, 2.45) is 0 Å². The largest absolute Gasteiger partial charge is 0.465 e. The first-order valence-corrected chi connectivity index (χ1v) is 10.8. The predicted octanol–water partition coefficient (Wildman–Crippen LogP) is 4.85. The van der Waals surface area contributed by atoms with Crippen molar-refractivity contribution in [3.8, 4) is 0 Å². The SMILES string of the molecule is O=C(O)N(CCCN(Cc1ccccc1)C(=O)OCc1cncs1)Cc1ccccc1. The Bertz CT molecular complexity index is 936. The molecule has 162 valence electrons. The average Bonchev–Trinajstić information content (AvgIpc) is 3.31. The Balaban J connectivity index is 1.58. The van der Waals surface area contributed by atoms with Gasteiger partial charge in [-0.1, -0.05) is 60.7 Å². The molecule has 0 spiro atoms. The number of rotatable bonds is 10. The third kappa shape index (κ3) is 7.42. The van der Waals surface area contributed by atoms with E-state index in [-0.39, 0.29) is 6.61 Å². The fourth-order valence-corrected chi connectivity index (χ4v) is 3.58. The molecule has 3 rings (SSSR count). The van der Waals surface area contributed by atoms with Gasteiger partial charge in [-0.25, -0.2) is 9.59 Å². The van der Waals surface area contributed by atoms with E-state index in [1.54, 1.807) is 16.6 Å². The molecule has 1 N–H and O–H groups in total. The maximum absolute atomic E-state index is 12.7. The van der Waals surface area contributed by atoms with Crippen LogP contribution in [0, 0.1) is 0 Å². The highest BCUT2D eigenvalue weighted by Gasteiger charge is 2.18. The smallest absolute Gasteiger partial charge is 0.410 e. The minimum atomic E-state index is -0.980. The van der Waals surface area contributed by atoms with Gasteiger partial charge in [-0.15, -0.1) is 11.3 Å². The van der Waals surface area contributed by atoms with Crippen molar-refractivity contribution >= 4 is 23.5 Å². The van der Waals surface area contributed by atoms with Gasteiger partial charge in [-0.2, -0.15) is 0 Å². The molecule has 2 amide bonds. The van der Waals surface area contributed by atoms with Crippen molar-refractivity contribution in [3.63, 3.8) is 0 Å². The van der Waals surface area contributed by atoms with Gasteiger partial charge in [0.15, 0.2) is 0 Å². The van der Waals surface area contributed by atoms with Gasteiger partial charge in [0.05, 0.1) is 10.4 Å². The summed E-state index contributed by atoms with van der Waals surface area (Å²) >= 11 is 1.43. The Hall–Kier alpha value is -3.39. The Morgan fingerprint density at radius 2 is 1.48 bits per heavy atom. The van der Waals surface area contributed by atoms with Gasteiger partial charge in [0.25, 0.3) is 0 Å². The van der Waals surface area contributed by atoms with Crippen molar-refractivity contribution in [3.05, 3.63) is 88.4 Å². The van der Waals surface area contributed by atoms with Crippen LogP contribution in [0.4, 0.5) is 9.59 Å². The Morgan fingerprint density at radius 1 is 0.903 bits per heavy atom. The van der Waals surface area contributed by atoms with Gasteiger partial charge in [-0.3, -0.25) is 4.98 Å². The van der Waals surface area contributed by atoms with E-state index in [1.165, 1.54) is 16.2 Å². The zero-order chi connectivity index (χ0) is 21.9. The van der Waals surface area contributed by atoms with Crippen LogP contribution in [-0.2, 0) is 24.4 Å². The molecule has 0 saturated carbocycles. The van der Waals surface area contributed by atoms with E-state index in [4.69, 9.17) is 4.74 Å². The molecule has 7 nitrogen and oxygen atoms in total. The number of hydrogen-bond donors (Lipinski definition) is 1. The summed E-state index contributed by atoms with van der Waals surface area (Å²) in [5.74, 6) is 0. The highest BCUT2D eigenvalue weighted by molar-refractivity contribution is 7.09. The second-order valence-corrected chi connectivity index (χ2v) is 7.94. The third-order valence-corrected chi connectivity index (χ3v) is 5.39. The number of hydrogen-bond acceptors (Lipinski definition) is 5. The van der Waals surface area contributed by atoms with Crippen LogP contribution >= 0.6 is 11.3 Å². The molecule has 3 aromatic rings. The lowest BCUT2D eigenvalue weighted by Gasteiger charge is -2.24. The normalized spacial score (nSPS) is 10.5. The van der Waals surface area contributed by atoms with Crippen molar-refractivity contribution in [2.45, 2.75) is 26.1 Å². The van der Waals surface area contributed by atoms with Crippen LogP contribution in [0.15, 0.2) is 72.4 Å². The highest BCUT2D eigenvalue weighted by atomic mass is 32.1. The minimum absolute atomic E-state index is 0.171. The first-order valence-electron chi connectivity index (χ1n) is 9.96. The Labute approximate surface area is 185 Å². The second-order valence-electron chi connectivity index (χ2n) is 6.97. The molecule has 1 aromatic heterocycles. The van der Waals surface area contributed by atoms with Crippen LogP contribution < -0.4 is 0 Å². The lowest BCUT2D eigenvalue weighted by Crippen LogP contribution is -2.35. The van der Waals surface area contributed by atoms with E-state index >= 15 is 0 Å². The van der Waals surface area contributed by atoms with Crippen molar-refractivity contribution in [1.82, 2.24) is 14.8 Å². The Morgan fingerprint density at radius 3 is 2.03 bits per heavy atom. The van der Waals surface area contributed by atoms with Crippen LogP contribution in [0.5, 0.6) is 0 Å². The van der Waals surface area contributed by atoms with Gasteiger partial charge in [-0.05, 0) is 17.5 Å². The van der Waals surface area contributed by atoms with Gasteiger partial charge < -0.3 is 19.6 Å². The van der Waals surface area contributed by atoms with E-state index < -0.39 is 12.2 Å². The van der Waals surface area contributed by atoms with Crippen LogP contribution in [0.3, 0.4) is 0 Å². The minimum Gasteiger partial charge on any atom is -0.465 e. The number of carbonyl (C=O) groups excluding carboxylic acids is 1. The molecule has 0 aliphatic carbocycles. The summed E-state index contributed by atoms with van der Waals surface area (Å²) in [5.41, 5.74) is 3.60.